The van der Waals surface area contributed by atoms with Crippen LogP contribution in [0.1, 0.15) is 11.1 Å². The number of benzene rings is 2. The molecule has 2 aromatic rings. The Morgan fingerprint density at radius 1 is 0.889 bits per heavy atom. The third kappa shape index (κ3) is 2.48. The minimum atomic E-state index is 0.547. The molecule has 0 saturated heterocycles. The molecule has 0 spiro atoms. The number of hydrogen-bond donors (Lipinski definition) is 0. The van der Waals surface area contributed by atoms with E-state index in [0.717, 1.165) is 22.3 Å². The van der Waals surface area contributed by atoms with Gasteiger partial charge in [-0.1, -0.05) is 46.4 Å². The zero-order chi connectivity index (χ0) is 13.4. The minimum absolute atomic E-state index is 0.547. The van der Waals surface area contributed by atoms with Crippen molar-refractivity contribution in [2.75, 3.05) is 0 Å². The molecule has 2 rings (SSSR count). The smallest absolute Gasteiger partial charge is 0.0535 e. The molecule has 0 aliphatic heterocycles. The highest BCUT2D eigenvalue weighted by Crippen LogP contribution is 2.39. The van der Waals surface area contributed by atoms with Crippen LogP contribution >= 0.6 is 46.4 Å². The van der Waals surface area contributed by atoms with E-state index < -0.39 is 0 Å². The van der Waals surface area contributed by atoms with Crippen molar-refractivity contribution in [2.24, 2.45) is 0 Å². The Labute approximate surface area is 126 Å². The van der Waals surface area contributed by atoms with Crippen LogP contribution in [0.25, 0.3) is 11.1 Å². The fourth-order valence-corrected chi connectivity index (χ4v) is 2.58. The van der Waals surface area contributed by atoms with Crippen LogP contribution in [0.3, 0.4) is 0 Å². The van der Waals surface area contributed by atoms with E-state index in [1.807, 2.05) is 19.9 Å². The summed E-state index contributed by atoms with van der Waals surface area (Å²) in [5.41, 5.74) is 3.30. The Bertz CT molecular complexity index is 618. The fraction of sp³-hybridized carbons (Fsp3) is 0.143. The van der Waals surface area contributed by atoms with Crippen LogP contribution in [0.4, 0.5) is 0 Å². The van der Waals surface area contributed by atoms with Crippen molar-refractivity contribution in [3.63, 3.8) is 0 Å². The standard InChI is InChI=1S/C14H9Cl4/c1-7-5-10(13(17)6-12(7)16)9-3-4-11(15)8(2)14(9)18/h4-6H,1-2H3. The summed E-state index contributed by atoms with van der Waals surface area (Å²) < 4.78 is 0. The van der Waals surface area contributed by atoms with Crippen LogP contribution in [0.5, 0.6) is 0 Å². The van der Waals surface area contributed by atoms with Gasteiger partial charge in [-0.25, -0.2) is 0 Å². The topological polar surface area (TPSA) is 0 Å². The van der Waals surface area contributed by atoms with Crippen molar-refractivity contribution in [2.45, 2.75) is 13.8 Å². The van der Waals surface area contributed by atoms with Gasteiger partial charge in [-0.2, -0.15) is 0 Å². The molecule has 0 N–H and O–H groups in total. The van der Waals surface area contributed by atoms with Gasteiger partial charge in [0.15, 0.2) is 0 Å². The van der Waals surface area contributed by atoms with E-state index in [0.29, 0.717) is 20.1 Å². The molecular formula is C14H9Cl4. The van der Waals surface area contributed by atoms with Crippen LogP contribution in [0.15, 0.2) is 18.2 Å². The molecule has 0 aromatic heterocycles. The predicted molar refractivity (Wildman–Crippen MR) is 80.2 cm³/mol. The molecule has 0 aliphatic rings. The van der Waals surface area contributed by atoms with Crippen LogP contribution < -0.4 is 0 Å². The lowest BCUT2D eigenvalue weighted by Gasteiger charge is -2.11. The van der Waals surface area contributed by atoms with Gasteiger partial charge in [-0.3, -0.25) is 0 Å². The first-order valence-electron chi connectivity index (χ1n) is 5.24. The van der Waals surface area contributed by atoms with Gasteiger partial charge in [-0.05, 0) is 49.2 Å². The summed E-state index contributed by atoms with van der Waals surface area (Å²) in [7, 11) is 0. The molecule has 0 nitrogen and oxygen atoms in total. The minimum Gasteiger partial charge on any atom is -0.0840 e. The number of hydrogen-bond acceptors (Lipinski definition) is 0. The van der Waals surface area contributed by atoms with E-state index in [-0.39, 0.29) is 0 Å². The van der Waals surface area contributed by atoms with Crippen molar-refractivity contribution in [3.05, 3.63) is 55.5 Å². The van der Waals surface area contributed by atoms with Gasteiger partial charge in [0.05, 0.1) is 5.02 Å². The van der Waals surface area contributed by atoms with Crippen molar-refractivity contribution in [3.8, 4) is 11.1 Å². The van der Waals surface area contributed by atoms with E-state index in [1.54, 1.807) is 12.1 Å². The molecule has 0 fully saturated rings. The molecule has 93 valence electrons. The number of halogens is 4. The van der Waals surface area contributed by atoms with Crippen molar-refractivity contribution in [1.82, 2.24) is 0 Å². The fourth-order valence-electron chi connectivity index (χ4n) is 1.64. The van der Waals surface area contributed by atoms with Crippen LogP contribution in [0, 0.1) is 19.9 Å². The maximum absolute atomic E-state index is 6.29. The molecule has 1 radical (unpaired) electrons. The normalized spacial score (nSPS) is 10.8. The van der Waals surface area contributed by atoms with Gasteiger partial charge in [0.25, 0.3) is 0 Å². The highest BCUT2D eigenvalue weighted by atomic mass is 35.5. The first kappa shape index (κ1) is 14.0. The van der Waals surface area contributed by atoms with Crippen molar-refractivity contribution >= 4 is 46.4 Å². The lowest BCUT2D eigenvalue weighted by atomic mass is 10.0. The summed E-state index contributed by atoms with van der Waals surface area (Å²) in [6, 6.07) is 8.36. The Kier molecular flexibility index (Phi) is 4.13. The van der Waals surface area contributed by atoms with Crippen molar-refractivity contribution in [1.29, 1.82) is 0 Å². The van der Waals surface area contributed by atoms with E-state index >= 15 is 0 Å². The third-order valence-corrected chi connectivity index (χ3v) is 4.35. The molecular weight excluding hydrogens is 310 g/mol. The SMILES string of the molecule is Cc1cc(-c2[c]cc(Cl)c(C)c2Cl)c(Cl)cc1Cl. The average Bonchev–Trinajstić information content (AvgIpc) is 2.32. The van der Waals surface area contributed by atoms with Gasteiger partial charge in [-0.15, -0.1) is 0 Å². The Balaban J connectivity index is 2.70. The largest absolute Gasteiger partial charge is 0.0840 e. The van der Waals surface area contributed by atoms with E-state index in [1.165, 1.54) is 0 Å². The van der Waals surface area contributed by atoms with Gasteiger partial charge in [0.1, 0.15) is 0 Å². The van der Waals surface area contributed by atoms with Crippen LogP contribution in [-0.2, 0) is 0 Å². The molecule has 4 heteroatoms. The maximum Gasteiger partial charge on any atom is 0.0535 e. The third-order valence-electron chi connectivity index (χ3n) is 2.77. The summed E-state index contributed by atoms with van der Waals surface area (Å²) >= 11 is 24.5. The molecule has 0 saturated carbocycles. The molecule has 2 aromatic carbocycles. The summed E-state index contributed by atoms with van der Waals surface area (Å²) in [5.74, 6) is 0. The second-order valence-electron chi connectivity index (χ2n) is 4.03. The molecule has 0 unspecified atom stereocenters. The van der Waals surface area contributed by atoms with Crippen molar-refractivity contribution < 1.29 is 0 Å². The molecule has 0 atom stereocenters. The van der Waals surface area contributed by atoms with Gasteiger partial charge < -0.3 is 0 Å². The molecule has 0 bridgehead atoms. The zero-order valence-electron chi connectivity index (χ0n) is 9.74. The second-order valence-corrected chi connectivity index (χ2v) is 5.63. The molecule has 18 heavy (non-hydrogen) atoms. The molecule has 0 aliphatic carbocycles. The van der Waals surface area contributed by atoms with Crippen LogP contribution in [0.2, 0.25) is 20.1 Å². The highest BCUT2D eigenvalue weighted by Gasteiger charge is 2.13. The van der Waals surface area contributed by atoms with Gasteiger partial charge in [0.2, 0.25) is 0 Å². The van der Waals surface area contributed by atoms with E-state index in [9.17, 15) is 0 Å². The quantitative estimate of drug-likeness (QED) is 0.572. The Hall–Kier alpha value is -0.400. The zero-order valence-corrected chi connectivity index (χ0v) is 12.8. The summed E-state index contributed by atoms with van der Waals surface area (Å²) in [6.45, 7) is 3.78. The second kappa shape index (κ2) is 5.30. The Morgan fingerprint density at radius 2 is 1.56 bits per heavy atom. The van der Waals surface area contributed by atoms with Gasteiger partial charge >= 0.3 is 0 Å². The van der Waals surface area contributed by atoms with E-state index in [2.05, 4.69) is 6.07 Å². The maximum atomic E-state index is 6.29. The van der Waals surface area contributed by atoms with Crippen LogP contribution in [-0.4, -0.2) is 0 Å². The van der Waals surface area contributed by atoms with Gasteiger partial charge in [0, 0.05) is 26.2 Å². The lowest BCUT2D eigenvalue weighted by Crippen LogP contribution is -1.88. The predicted octanol–water partition coefficient (Wildman–Crippen LogP) is 6.38. The number of rotatable bonds is 1. The average molecular weight is 319 g/mol. The summed E-state index contributed by atoms with van der Waals surface area (Å²) in [5, 5.41) is 2.33. The summed E-state index contributed by atoms with van der Waals surface area (Å²) in [6.07, 6.45) is 0. The molecule has 0 heterocycles. The monoisotopic (exact) mass is 317 g/mol. The van der Waals surface area contributed by atoms with E-state index in [4.69, 9.17) is 46.4 Å². The first-order chi connectivity index (χ1) is 8.41. The number of aryl methyl sites for hydroxylation is 1. The highest BCUT2D eigenvalue weighted by molar-refractivity contribution is 6.40. The summed E-state index contributed by atoms with van der Waals surface area (Å²) in [4.78, 5) is 0. The Morgan fingerprint density at radius 3 is 2.22 bits per heavy atom. The lowest BCUT2D eigenvalue weighted by molar-refractivity contribution is 1.43. The first-order valence-corrected chi connectivity index (χ1v) is 6.75. The molecule has 0 amide bonds.